The van der Waals surface area contributed by atoms with E-state index in [9.17, 15) is 19.7 Å². The highest BCUT2D eigenvalue weighted by Crippen LogP contribution is 2.21. The summed E-state index contributed by atoms with van der Waals surface area (Å²) in [7, 11) is 0. The van der Waals surface area contributed by atoms with Crippen molar-refractivity contribution in [2.24, 2.45) is 0 Å². The van der Waals surface area contributed by atoms with Crippen LogP contribution in [0.2, 0.25) is 0 Å². The Hall–Kier alpha value is -2.88. The van der Waals surface area contributed by atoms with Gasteiger partial charge in [-0.2, -0.15) is 0 Å². The third-order valence-corrected chi connectivity index (χ3v) is 4.51. The van der Waals surface area contributed by atoms with Gasteiger partial charge in [0.05, 0.1) is 17.1 Å². The topological polar surface area (TPSA) is 120 Å². The van der Waals surface area contributed by atoms with Crippen molar-refractivity contribution >= 4 is 22.9 Å². The lowest BCUT2D eigenvalue weighted by Gasteiger charge is -2.32. The molecule has 1 aromatic heterocycles. The fourth-order valence-electron chi connectivity index (χ4n) is 3.19. The van der Waals surface area contributed by atoms with E-state index in [0.717, 1.165) is 0 Å². The molecule has 0 radical (unpaired) electrons. The molecule has 2 aromatic rings. The third-order valence-electron chi connectivity index (χ3n) is 4.51. The van der Waals surface area contributed by atoms with Crippen LogP contribution in [0.1, 0.15) is 33.6 Å². The Morgan fingerprint density at radius 2 is 2.04 bits per heavy atom. The van der Waals surface area contributed by atoms with E-state index in [4.69, 9.17) is 9.15 Å². The summed E-state index contributed by atoms with van der Waals surface area (Å²) in [6.07, 6.45) is 0.990. The number of likely N-dealkylation sites (tertiary alicyclic amines) is 1. The average molecular weight is 392 g/mol. The maximum Gasteiger partial charge on any atom is 0.421 e. The highest BCUT2D eigenvalue weighted by atomic mass is 16.6. The number of carbonyl (C=O) groups excluding carboxylic acids is 1. The smallest absolute Gasteiger partial charge is 0.421 e. The number of rotatable bonds is 4. The molecule has 10 nitrogen and oxygen atoms in total. The first-order chi connectivity index (χ1) is 13.1. The zero-order chi connectivity index (χ0) is 20.5. The van der Waals surface area contributed by atoms with Crippen LogP contribution in [-0.2, 0) is 11.4 Å². The summed E-state index contributed by atoms with van der Waals surface area (Å²) in [5.41, 5.74) is 0.0734. The second-order valence-corrected chi connectivity index (χ2v) is 7.89. The minimum atomic E-state index is -0.551. The normalized spacial score (nSPS) is 16.2. The molecule has 0 aliphatic carbocycles. The van der Waals surface area contributed by atoms with Crippen molar-refractivity contribution in [3.8, 4) is 0 Å². The van der Waals surface area contributed by atoms with Crippen LogP contribution in [0.5, 0.6) is 0 Å². The Kier molecular flexibility index (Phi) is 5.41. The molecule has 3 rings (SSSR count). The number of hydrogen-bond donors (Lipinski definition) is 1. The molecule has 0 unspecified atom stereocenters. The van der Waals surface area contributed by atoms with E-state index in [1.165, 1.54) is 22.8 Å². The van der Waals surface area contributed by atoms with E-state index in [2.05, 4.69) is 5.32 Å². The molecular weight excluding hydrogens is 368 g/mol. The van der Waals surface area contributed by atoms with Crippen LogP contribution in [0, 0.1) is 10.1 Å². The third kappa shape index (κ3) is 4.69. The van der Waals surface area contributed by atoms with Crippen LogP contribution in [-0.4, -0.2) is 45.2 Å². The number of aromatic nitrogens is 1. The molecule has 28 heavy (non-hydrogen) atoms. The lowest BCUT2D eigenvalue weighted by atomic mass is 10.1. The van der Waals surface area contributed by atoms with Gasteiger partial charge in [0.1, 0.15) is 5.60 Å². The van der Waals surface area contributed by atoms with Gasteiger partial charge in [-0.05, 0) is 39.7 Å². The van der Waals surface area contributed by atoms with Gasteiger partial charge in [0.25, 0.3) is 5.69 Å². The van der Waals surface area contributed by atoms with Gasteiger partial charge in [-0.3, -0.25) is 19.6 Å². The number of nitro benzene ring substituents is 1. The first-order valence-corrected chi connectivity index (χ1v) is 9.12. The molecule has 1 saturated heterocycles. The predicted molar refractivity (Wildman–Crippen MR) is 101 cm³/mol. The van der Waals surface area contributed by atoms with Gasteiger partial charge in [-0.25, -0.2) is 9.59 Å². The molecule has 10 heteroatoms. The van der Waals surface area contributed by atoms with E-state index < -0.39 is 22.4 Å². The molecule has 1 aromatic carbocycles. The molecule has 0 spiro atoms. The standard InChI is InChI=1S/C18H24N4O6/c1-18(2,3)28-16(23)19-12-6-8-20(9-7-12)11-21-14-10-13(22(25)26)4-5-15(14)27-17(21)24/h4-5,10,12H,6-9,11H2,1-3H3,(H,19,23). The number of nitro groups is 1. The number of carbonyl (C=O) groups is 1. The molecule has 152 valence electrons. The van der Waals surface area contributed by atoms with Crippen LogP contribution in [0.15, 0.2) is 27.4 Å². The number of amides is 1. The highest BCUT2D eigenvalue weighted by Gasteiger charge is 2.24. The van der Waals surface area contributed by atoms with Gasteiger partial charge in [-0.15, -0.1) is 0 Å². The number of nitrogens with one attached hydrogen (secondary N) is 1. The van der Waals surface area contributed by atoms with Gasteiger partial charge in [0.2, 0.25) is 0 Å². The van der Waals surface area contributed by atoms with Gasteiger partial charge in [0, 0.05) is 31.3 Å². The summed E-state index contributed by atoms with van der Waals surface area (Å²) in [5.74, 6) is -0.551. The summed E-state index contributed by atoms with van der Waals surface area (Å²) in [6, 6.07) is 4.09. The molecular formula is C18H24N4O6. The van der Waals surface area contributed by atoms with Crippen LogP contribution >= 0.6 is 0 Å². The van der Waals surface area contributed by atoms with Crippen molar-refractivity contribution in [2.45, 2.75) is 51.9 Å². The highest BCUT2D eigenvalue weighted by molar-refractivity contribution is 5.75. The van der Waals surface area contributed by atoms with Crippen LogP contribution < -0.4 is 11.1 Å². The van der Waals surface area contributed by atoms with Crippen molar-refractivity contribution in [3.05, 3.63) is 38.9 Å². The Morgan fingerprint density at radius 1 is 1.36 bits per heavy atom. The molecule has 1 aliphatic heterocycles. The molecule has 0 saturated carbocycles. The summed E-state index contributed by atoms with van der Waals surface area (Å²) in [6.45, 7) is 7.03. The number of oxazole rings is 1. The Balaban J connectivity index is 1.63. The van der Waals surface area contributed by atoms with Gasteiger partial charge < -0.3 is 14.5 Å². The second kappa shape index (κ2) is 7.63. The number of benzene rings is 1. The van der Waals surface area contributed by atoms with Crippen molar-refractivity contribution in [1.29, 1.82) is 0 Å². The van der Waals surface area contributed by atoms with E-state index in [0.29, 0.717) is 37.0 Å². The number of nitrogens with zero attached hydrogens (tertiary/aromatic N) is 3. The monoisotopic (exact) mass is 392 g/mol. The maximum atomic E-state index is 12.2. The van der Waals surface area contributed by atoms with E-state index in [-0.39, 0.29) is 18.4 Å². The van der Waals surface area contributed by atoms with Crippen molar-refractivity contribution in [3.63, 3.8) is 0 Å². The number of fused-ring (bicyclic) bond motifs is 1. The number of piperidine rings is 1. The quantitative estimate of drug-likeness (QED) is 0.627. The fourth-order valence-corrected chi connectivity index (χ4v) is 3.19. The second-order valence-electron chi connectivity index (χ2n) is 7.89. The van der Waals surface area contributed by atoms with E-state index in [1.54, 1.807) is 0 Å². The SMILES string of the molecule is CC(C)(C)OC(=O)NC1CCN(Cn2c(=O)oc3ccc([N+](=O)[O-])cc32)CC1. The Bertz CT molecular complexity index is 934. The molecule has 1 fully saturated rings. The molecule has 1 aliphatic rings. The molecule has 0 atom stereocenters. The van der Waals surface area contributed by atoms with Gasteiger partial charge in [-0.1, -0.05) is 0 Å². The fraction of sp³-hybridized carbons (Fsp3) is 0.556. The summed E-state index contributed by atoms with van der Waals surface area (Å²) in [5, 5.41) is 13.9. The predicted octanol–water partition coefficient (Wildman–Crippen LogP) is 2.45. The first kappa shape index (κ1) is 19.9. The lowest BCUT2D eigenvalue weighted by molar-refractivity contribution is -0.384. The zero-order valence-corrected chi connectivity index (χ0v) is 16.1. The number of non-ortho nitro benzene ring substituents is 1. The van der Waals surface area contributed by atoms with Gasteiger partial charge >= 0.3 is 11.8 Å². The molecule has 2 heterocycles. The molecule has 0 bridgehead atoms. The van der Waals surface area contributed by atoms with E-state index in [1.807, 2.05) is 25.7 Å². The van der Waals surface area contributed by atoms with Crippen molar-refractivity contribution in [2.75, 3.05) is 13.1 Å². The summed E-state index contributed by atoms with van der Waals surface area (Å²) < 4.78 is 11.8. The summed E-state index contributed by atoms with van der Waals surface area (Å²) >= 11 is 0. The summed E-state index contributed by atoms with van der Waals surface area (Å²) in [4.78, 5) is 36.6. The number of alkyl carbamates (subject to hydrolysis) is 1. The van der Waals surface area contributed by atoms with Crippen molar-refractivity contribution < 1.29 is 18.9 Å². The van der Waals surface area contributed by atoms with Crippen molar-refractivity contribution in [1.82, 2.24) is 14.8 Å². The molecule has 1 amide bonds. The van der Waals surface area contributed by atoms with Gasteiger partial charge in [0.15, 0.2) is 5.58 Å². The average Bonchev–Trinajstić information content (AvgIpc) is 2.89. The molecule has 1 N–H and O–H groups in total. The minimum absolute atomic E-state index is 0.00463. The lowest BCUT2D eigenvalue weighted by Crippen LogP contribution is -2.46. The van der Waals surface area contributed by atoms with Crippen LogP contribution in [0.3, 0.4) is 0 Å². The number of ether oxygens (including phenoxy) is 1. The van der Waals surface area contributed by atoms with Crippen LogP contribution in [0.4, 0.5) is 10.5 Å². The number of hydrogen-bond acceptors (Lipinski definition) is 7. The minimum Gasteiger partial charge on any atom is -0.444 e. The Morgan fingerprint density at radius 3 is 2.64 bits per heavy atom. The maximum absolute atomic E-state index is 12.2. The van der Waals surface area contributed by atoms with E-state index >= 15 is 0 Å². The first-order valence-electron chi connectivity index (χ1n) is 9.12. The zero-order valence-electron chi connectivity index (χ0n) is 16.1. The largest absolute Gasteiger partial charge is 0.444 e. The van der Waals surface area contributed by atoms with Crippen LogP contribution in [0.25, 0.3) is 11.1 Å². The Labute approximate surface area is 161 Å².